The van der Waals surface area contributed by atoms with Gasteiger partial charge in [0.15, 0.2) is 0 Å². The number of methoxy groups -OCH3 is 2. The number of anilines is 1. The van der Waals surface area contributed by atoms with Crippen molar-refractivity contribution >= 4 is 11.7 Å². The van der Waals surface area contributed by atoms with Crippen molar-refractivity contribution in [2.24, 2.45) is 0 Å². The predicted octanol–water partition coefficient (Wildman–Crippen LogP) is 2.20. The van der Waals surface area contributed by atoms with E-state index in [1.807, 2.05) is 31.2 Å². The normalized spacial score (nSPS) is 11.9. The van der Waals surface area contributed by atoms with Crippen LogP contribution in [0, 0.1) is 0 Å². The average molecular weight is 237 g/mol. The van der Waals surface area contributed by atoms with E-state index in [9.17, 15) is 4.79 Å². The van der Waals surface area contributed by atoms with Crippen molar-refractivity contribution in [3.8, 4) is 0 Å². The minimum absolute atomic E-state index is 0.0516. The van der Waals surface area contributed by atoms with Crippen molar-refractivity contribution < 1.29 is 14.3 Å². The zero-order valence-electron chi connectivity index (χ0n) is 10.5. The number of benzene rings is 1. The maximum Gasteiger partial charge on any atom is 0.307 e. The van der Waals surface area contributed by atoms with Crippen molar-refractivity contribution in [1.82, 2.24) is 0 Å². The summed E-state index contributed by atoms with van der Waals surface area (Å²) in [5.74, 6) is -0.207. The van der Waals surface area contributed by atoms with Crippen LogP contribution in [0.25, 0.3) is 0 Å². The average Bonchev–Trinajstić information content (AvgIpc) is 2.31. The minimum Gasteiger partial charge on any atom is -0.469 e. The van der Waals surface area contributed by atoms with Crippen LogP contribution in [0.1, 0.15) is 18.9 Å². The van der Waals surface area contributed by atoms with Crippen LogP contribution in [0.15, 0.2) is 24.3 Å². The molecular weight excluding hydrogens is 218 g/mol. The van der Waals surface area contributed by atoms with Gasteiger partial charge in [-0.1, -0.05) is 12.1 Å². The molecule has 4 nitrogen and oxygen atoms in total. The summed E-state index contributed by atoms with van der Waals surface area (Å²) in [5, 5.41) is 3.23. The summed E-state index contributed by atoms with van der Waals surface area (Å²) in [4.78, 5) is 11.1. The lowest BCUT2D eigenvalue weighted by Gasteiger charge is -2.14. The summed E-state index contributed by atoms with van der Waals surface area (Å²) in [7, 11) is 3.07. The van der Waals surface area contributed by atoms with Crippen LogP contribution in [0.2, 0.25) is 0 Å². The molecule has 1 N–H and O–H groups in total. The van der Waals surface area contributed by atoms with Gasteiger partial charge in [0, 0.05) is 18.8 Å². The third kappa shape index (κ3) is 4.87. The van der Waals surface area contributed by atoms with E-state index in [2.05, 4.69) is 10.1 Å². The van der Waals surface area contributed by atoms with Crippen molar-refractivity contribution in [1.29, 1.82) is 0 Å². The second-order valence-electron chi connectivity index (χ2n) is 3.96. The minimum atomic E-state index is -0.207. The van der Waals surface area contributed by atoms with Crippen LogP contribution >= 0.6 is 0 Å². The largest absolute Gasteiger partial charge is 0.469 e. The van der Waals surface area contributed by atoms with E-state index in [4.69, 9.17) is 4.74 Å². The second kappa shape index (κ2) is 6.91. The maximum absolute atomic E-state index is 11.1. The first-order valence-corrected chi connectivity index (χ1v) is 5.57. The first kappa shape index (κ1) is 13.5. The van der Waals surface area contributed by atoms with Gasteiger partial charge in [-0.05, 0) is 24.6 Å². The van der Waals surface area contributed by atoms with E-state index in [-0.39, 0.29) is 12.0 Å². The lowest BCUT2D eigenvalue weighted by molar-refractivity contribution is -0.140. The first-order valence-electron chi connectivity index (χ1n) is 5.57. The number of esters is 1. The van der Waals surface area contributed by atoms with Gasteiger partial charge in [-0.3, -0.25) is 4.79 Å². The molecule has 0 bridgehead atoms. The standard InChI is InChI=1S/C13H19NO3/c1-10(8-13(15)17-3)14-12-6-4-11(5-7-12)9-16-2/h4-7,10,14H,8-9H2,1-3H3. The highest BCUT2D eigenvalue weighted by molar-refractivity contribution is 5.70. The molecular formula is C13H19NO3. The number of carbonyl (C=O) groups is 1. The van der Waals surface area contributed by atoms with E-state index in [0.29, 0.717) is 13.0 Å². The molecule has 0 fully saturated rings. The highest BCUT2D eigenvalue weighted by Crippen LogP contribution is 2.12. The third-order valence-corrected chi connectivity index (χ3v) is 2.38. The molecule has 0 aliphatic carbocycles. The lowest BCUT2D eigenvalue weighted by Crippen LogP contribution is -2.20. The zero-order valence-corrected chi connectivity index (χ0v) is 10.5. The first-order chi connectivity index (χ1) is 8.15. The molecule has 0 aromatic heterocycles. The number of rotatable bonds is 6. The Hall–Kier alpha value is -1.55. The quantitative estimate of drug-likeness (QED) is 0.770. The Morgan fingerprint density at radius 2 is 1.94 bits per heavy atom. The SMILES string of the molecule is COCc1ccc(NC(C)CC(=O)OC)cc1. The molecule has 0 spiro atoms. The van der Waals surface area contributed by atoms with E-state index in [0.717, 1.165) is 11.3 Å². The van der Waals surface area contributed by atoms with Crippen LogP contribution in [0.5, 0.6) is 0 Å². The lowest BCUT2D eigenvalue weighted by atomic mass is 10.2. The van der Waals surface area contributed by atoms with Crippen molar-refractivity contribution in [3.63, 3.8) is 0 Å². The summed E-state index contributed by atoms with van der Waals surface area (Å²) in [6.07, 6.45) is 0.357. The van der Waals surface area contributed by atoms with E-state index in [1.165, 1.54) is 7.11 Å². The van der Waals surface area contributed by atoms with E-state index in [1.54, 1.807) is 7.11 Å². The molecule has 0 radical (unpaired) electrons. The Labute approximate surface area is 102 Å². The number of ether oxygens (including phenoxy) is 2. The summed E-state index contributed by atoms with van der Waals surface area (Å²) < 4.78 is 9.65. The van der Waals surface area contributed by atoms with Gasteiger partial charge in [-0.2, -0.15) is 0 Å². The van der Waals surface area contributed by atoms with Crippen LogP contribution in [-0.4, -0.2) is 26.2 Å². The molecule has 94 valence electrons. The molecule has 0 aliphatic heterocycles. The van der Waals surface area contributed by atoms with Gasteiger partial charge >= 0.3 is 5.97 Å². The van der Waals surface area contributed by atoms with E-state index < -0.39 is 0 Å². The van der Waals surface area contributed by atoms with Gasteiger partial charge in [-0.15, -0.1) is 0 Å². The number of carbonyl (C=O) groups excluding carboxylic acids is 1. The van der Waals surface area contributed by atoms with Gasteiger partial charge in [0.1, 0.15) is 0 Å². The topological polar surface area (TPSA) is 47.6 Å². The van der Waals surface area contributed by atoms with Gasteiger partial charge in [0.25, 0.3) is 0 Å². The van der Waals surface area contributed by atoms with E-state index >= 15 is 0 Å². The highest BCUT2D eigenvalue weighted by atomic mass is 16.5. The fourth-order valence-electron chi connectivity index (χ4n) is 1.53. The van der Waals surface area contributed by atoms with Gasteiger partial charge in [-0.25, -0.2) is 0 Å². The van der Waals surface area contributed by atoms with Crippen molar-refractivity contribution in [2.45, 2.75) is 26.0 Å². The number of nitrogens with one attached hydrogen (secondary N) is 1. The van der Waals surface area contributed by atoms with Gasteiger partial charge in [0.05, 0.1) is 20.1 Å². The smallest absolute Gasteiger partial charge is 0.307 e. The molecule has 1 rings (SSSR count). The fraction of sp³-hybridized carbons (Fsp3) is 0.462. The zero-order chi connectivity index (χ0) is 12.7. The Morgan fingerprint density at radius 3 is 2.47 bits per heavy atom. The molecule has 1 aromatic rings. The van der Waals surface area contributed by atoms with Crippen molar-refractivity contribution in [2.75, 3.05) is 19.5 Å². The van der Waals surface area contributed by atoms with Crippen LogP contribution in [-0.2, 0) is 20.9 Å². The maximum atomic E-state index is 11.1. The molecule has 1 atom stereocenters. The van der Waals surface area contributed by atoms with Crippen LogP contribution in [0.3, 0.4) is 0 Å². The molecule has 4 heteroatoms. The molecule has 0 aliphatic rings. The van der Waals surface area contributed by atoms with Gasteiger partial charge in [0.2, 0.25) is 0 Å². The van der Waals surface area contributed by atoms with Crippen LogP contribution < -0.4 is 5.32 Å². The molecule has 17 heavy (non-hydrogen) atoms. The fourth-order valence-corrected chi connectivity index (χ4v) is 1.53. The summed E-state index contributed by atoms with van der Waals surface area (Å²) in [6, 6.07) is 7.99. The Bertz CT molecular complexity index is 348. The van der Waals surface area contributed by atoms with Crippen molar-refractivity contribution in [3.05, 3.63) is 29.8 Å². The molecule has 0 heterocycles. The molecule has 0 amide bonds. The molecule has 1 aromatic carbocycles. The summed E-state index contributed by atoms with van der Waals surface area (Å²) >= 11 is 0. The Morgan fingerprint density at radius 1 is 1.29 bits per heavy atom. The highest BCUT2D eigenvalue weighted by Gasteiger charge is 2.08. The second-order valence-corrected chi connectivity index (χ2v) is 3.96. The summed E-state index contributed by atoms with van der Waals surface area (Å²) in [6.45, 7) is 2.55. The third-order valence-electron chi connectivity index (χ3n) is 2.38. The molecule has 0 saturated carbocycles. The summed E-state index contributed by atoms with van der Waals surface area (Å²) in [5.41, 5.74) is 2.11. The Balaban J connectivity index is 2.48. The van der Waals surface area contributed by atoms with Crippen LogP contribution in [0.4, 0.5) is 5.69 Å². The number of hydrogen-bond donors (Lipinski definition) is 1. The number of hydrogen-bond acceptors (Lipinski definition) is 4. The molecule has 1 unspecified atom stereocenters. The molecule has 0 saturated heterocycles. The monoisotopic (exact) mass is 237 g/mol. The predicted molar refractivity (Wildman–Crippen MR) is 66.9 cm³/mol. The van der Waals surface area contributed by atoms with Gasteiger partial charge < -0.3 is 14.8 Å². The Kier molecular flexibility index (Phi) is 5.49.